The van der Waals surface area contributed by atoms with E-state index in [0.717, 1.165) is 9.75 Å². The maximum Gasteiger partial charge on any atom is 0.253 e. The smallest absolute Gasteiger partial charge is 0.253 e. The first kappa shape index (κ1) is 12.8. The van der Waals surface area contributed by atoms with Crippen molar-refractivity contribution in [3.63, 3.8) is 0 Å². The lowest BCUT2D eigenvalue weighted by Crippen LogP contribution is -2.52. The van der Waals surface area contributed by atoms with Crippen molar-refractivity contribution in [2.75, 3.05) is 0 Å². The van der Waals surface area contributed by atoms with Gasteiger partial charge in [-0.05, 0) is 26.3 Å². The first-order valence-electron chi connectivity index (χ1n) is 5.69. The highest BCUT2D eigenvalue weighted by Gasteiger charge is 2.28. The number of nitrogens with one attached hydrogen (secondary N) is 2. The summed E-state index contributed by atoms with van der Waals surface area (Å²) < 4.78 is 0. The van der Waals surface area contributed by atoms with Crippen molar-refractivity contribution in [1.29, 1.82) is 0 Å². The molecule has 1 fully saturated rings. The monoisotopic (exact) mass is 266 g/mol. The topological polar surface area (TPSA) is 75.3 Å². The summed E-state index contributed by atoms with van der Waals surface area (Å²) >= 11 is 1.55. The second-order valence-corrected chi connectivity index (χ2v) is 5.76. The quantitative estimate of drug-likeness (QED) is 0.781. The lowest BCUT2D eigenvalue weighted by molar-refractivity contribution is -0.134. The molecule has 1 aromatic heterocycles. The molecule has 0 aliphatic carbocycles. The summed E-state index contributed by atoms with van der Waals surface area (Å²) in [6.45, 7) is 3.80. The molecule has 2 N–H and O–H groups in total. The van der Waals surface area contributed by atoms with Gasteiger partial charge in [-0.3, -0.25) is 19.7 Å². The molecule has 1 aliphatic rings. The van der Waals surface area contributed by atoms with Crippen LogP contribution in [0.25, 0.3) is 0 Å². The average Bonchev–Trinajstić information content (AvgIpc) is 2.62. The van der Waals surface area contributed by atoms with Gasteiger partial charge in [0.1, 0.15) is 6.04 Å². The summed E-state index contributed by atoms with van der Waals surface area (Å²) in [5.74, 6) is -0.969. The summed E-state index contributed by atoms with van der Waals surface area (Å²) in [7, 11) is 0. The molecule has 2 heterocycles. The fourth-order valence-corrected chi connectivity index (χ4v) is 2.84. The third-order valence-electron chi connectivity index (χ3n) is 2.83. The second kappa shape index (κ2) is 4.89. The van der Waals surface area contributed by atoms with Crippen LogP contribution in [-0.2, 0) is 9.59 Å². The van der Waals surface area contributed by atoms with Gasteiger partial charge in [0.05, 0.1) is 5.56 Å². The molecule has 2 rings (SSSR count). The largest absolute Gasteiger partial charge is 0.340 e. The van der Waals surface area contributed by atoms with Gasteiger partial charge in [0.2, 0.25) is 11.8 Å². The molecular formula is C12H14N2O3S. The van der Waals surface area contributed by atoms with Crippen LogP contribution in [0.3, 0.4) is 0 Å². The molecule has 0 bridgehead atoms. The van der Waals surface area contributed by atoms with Gasteiger partial charge in [0, 0.05) is 16.2 Å². The Kier molecular flexibility index (Phi) is 3.47. The van der Waals surface area contributed by atoms with Crippen LogP contribution in [0.5, 0.6) is 0 Å². The van der Waals surface area contributed by atoms with E-state index in [-0.39, 0.29) is 18.2 Å². The average molecular weight is 266 g/mol. The summed E-state index contributed by atoms with van der Waals surface area (Å²) in [6.07, 6.45) is 0.622. The molecule has 0 aromatic carbocycles. The molecule has 96 valence electrons. The minimum absolute atomic E-state index is 0.258. The summed E-state index contributed by atoms with van der Waals surface area (Å²) in [5.41, 5.74) is 0.599. The van der Waals surface area contributed by atoms with Gasteiger partial charge >= 0.3 is 0 Å². The van der Waals surface area contributed by atoms with E-state index in [1.807, 2.05) is 13.8 Å². The number of hydrogen-bond donors (Lipinski definition) is 2. The Morgan fingerprint density at radius 1 is 1.44 bits per heavy atom. The fraction of sp³-hybridized carbons (Fsp3) is 0.417. The van der Waals surface area contributed by atoms with Crippen LogP contribution in [0, 0.1) is 13.8 Å². The van der Waals surface area contributed by atoms with Crippen molar-refractivity contribution in [3.05, 3.63) is 21.4 Å². The van der Waals surface area contributed by atoms with Gasteiger partial charge in [-0.1, -0.05) is 0 Å². The van der Waals surface area contributed by atoms with Crippen LogP contribution in [-0.4, -0.2) is 23.8 Å². The van der Waals surface area contributed by atoms with Crippen LogP contribution in [0.15, 0.2) is 6.07 Å². The first-order valence-corrected chi connectivity index (χ1v) is 6.50. The molecule has 1 aromatic rings. The molecule has 5 nitrogen and oxygen atoms in total. The normalized spacial score (nSPS) is 19.6. The van der Waals surface area contributed by atoms with E-state index >= 15 is 0 Å². The SMILES string of the molecule is Cc1cc(C(=O)NC2CCC(=O)NC2=O)c(C)s1. The van der Waals surface area contributed by atoms with E-state index in [1.165, 1.54) is 0 Å². The predicted octanol–water partition coefficient (Wildman–Crippen LogP) is 0.900. The zero-order valence-corrected chi connectivity index (χ0v) is 11.0. The number of rotatable bonds is 2. The third kappa shape index (κ3) is 2.59. The van der Waals surface area contributed by atoms with Gasteiger partial charge in [-0.25, -0.2) is 0 Å². The molecule has 1 atom stereocenters. The molecular weight excluding hydrogens is 252 g/mol. The van der Waals surface area contributed by atoms with Crippen molar-refractivity contribution in [2.24, 2.45) is 0 Å². The summed E-state index contributed by atoms with van der Waals surface area (Å²) in [5, 5.41) is 4.88. The maximum atomic E-state index is 12.0. The molecule has 1 saturated heterocycles. The summed E-state index contributed by atoms with van der Waals surface area (Å²) in [6, 6.07) is 1.19. The molecule has 0 spiro atoms. The Hall–Kier alpha value is -1.69. The van der Waals surface area contributed by atoms with E-state index in [2.05, 4.69) is 10.6 Å². The number of carbonyl (C=O) groups is 3. The van der Waals surface area contributed by atoms with Crippen molar-refractivity contribution < 1.29 is 14.4 Å². The van der Waals surface area contributed by atoms with Crippen LogP contribution in [0.4, 0.5) is 0 Å². The van der Waals surface area contributed by atoms with Gasteiger partial charge in [-0.15, -0.1) is 11.3 Å². The molecule has 3 amide bonds. The molecule has 0 radical (unpaired) electrons. The van der Waals surface area contributed by atoms with E-state index in [0.29, 0.717) is 12.0 Å². The highest BCUT2D eigenvalue weighted by molar-refractivity contribution is 7.12. The predicted molar refractivity (Wildman–Crippen MR) is 67.4 cm³/mol. The van der Waals surface area contributed by atoms with Gasteiger partial charge in [-0.2, -0.15) is 0 Å². The van der Waals surface area contributed by atoms with Crippen molar-refractivity contribution in [3.8, 4) is 0 Å². The lowest BCUT2D eigenvalue weighted by atomic mass is 10.1. The number of thiophene rings is 1. The first-order chi connectivity index (χ1) is 8.47. The maximum absolute atomic E-state index is 12.0. The Labute approximate surface area is 109 Å². The zero-order chi connectivity index (χ0) is 13.3. The standard InChI is InChI=1S/C12H14N2O3S/c1-6-5-8(7(2)18-6)11(16)13-9-3-4-10(15)14-12(9)17/h5,9H,3-4H2,1-2H3,(H,13,16)(H,14,15,17). The van der Waals surface area contributed by atoms with E-state index < -0.39 is 11.9 Å². The number of aryl methyl sites for hydroxylation is 2. The minimum atomic E-state index is -0.616. The Bertz CT molecular complexity index is 521. The van der Waals surface area contributed by atoms with E-state index in [4.69, 9.17) is 0 Å². The van der Waals surface area contributed by atoms with Crippen molar-refractivity contribution in [1.82, 2.24) is 10.6 Å². The number of amides is 3. The van der Waals surface area contributed by atoms with Gasteiger partial charge in [0.15, 0.2) is 0 Å². The van der Waals surface area contributed by atoms with Gasteiger partial charge < -0.3 is 5.32 Å². The van der Waals surface area contributed by atoms with Gasteiger partial charge in [0.25, 0.3) is 5.91 Å². The molecule has 6 heteroatoms. The minimum Gasteiger partial charge on any atom is -0.340 e. The highest BCUT2D eigenvalue weighted by atomic mass is 32.1. The lowest BCUT2D eigenvalue weighted by Gasteiger charge is -2.21. The molecule has 18 heavy (non-hydrogen) atoms. The summed E-state index contributed by atoms with van der Waals surface area (Å²) in [4.78, 5) is 36.5. The molecule has 1 aliphatic heterocycles. The number of hydrogen-bond acceptors (Lipinski definition) is 4. The second-order valence-electron chi connectivity index (χ2n) is 4.30. The number of imide groups is 1. The van der Waals surface area contributed by atoms with Crippen LogP contribution in [0.1, 0.15) is 33.0 Å². The highest BCUT2D eigenvalue weighted by Crippen LogP contribution is 2.20. The Balaban J connectivity index is 2.06. The Morgan fingerprint density at radius 3 is 2.72 bits per heavy atom. The fourth-order valence-electron chi connectivity index (χ4n) is 1.92. The number of carbonyl (C=O) groups excluding carboxylic acids is 3. The Morgan fingerprint density at radius 2 is 2.17 bits per heavy atom. The van der Waals surface area contributed by atoms with E-state index in [1.54, 1.807) is 17.4 Å². The van der Waals surface area contributed by atoms with E-state index in [9.17, 15) is 14.4 Å². The van der Waals surface area contributed by atoms with Crippen molar-refractivity contribution >= 4 is 29.1 Å². The van der Waals surface area contributed by atoms with Crippen LogP contribution >= 0.6 is 11.3 Å². The van der Waals surface area contributed by atoms with Crippen LogP contribution in [0.2, 0.25) is 0 Å². The zero-order valence-electron chi connectivity index (χ0n) is 10.2. The van der Waals surface area contributed by atoms with Crippen LogP contribution < -0.4 is 10.6 Å². The molecule has 0 saturated carbocycles. The van der Waals surface area contributed by atoms with Crippen molar-refractivity contribution in [2.45, 2.75) is 32.7 Å². The molecule has 1 unspecified atom stereocenters. The third-order valence-corrected chi connectivity index (χ3v) is 3.80. The number of piperidine rings is 1.